The fourth-order valence-electron chi connectivity index (χ4n) is 19.7. The van der Waals surface area contributed by atoms with Crippen molar-refractivity contribution in [1.82, 2.24) is 66.8 Å². The number of halogens is 2. The molecule has 0 spiro atoms. The Morgan fingerprint density at radius 1 is 0.544 bits per heavy atom. The maximum atomic E-state index is 17.4. The fraction of sp³-hybridized carbons (Fsp3) is 0.500. The standard InChI is InChI=1S/C100H124Cl2N13O27P.C2H4O2/c1-51(2)19-10-8-6-7-9-11-20-75(121)106-84-88(125)86(123)73(49-116)139-99(84)141-91-71-43-56-44-72(91)137-67-30-25-55(41-63(67)101)85(122)83-98(134)110-81(93(129)104-31-18-32-112(4)5)61-45-57(118)46-69(138-100-90(127)89(126)87(124)74(50-117)140-100)76(61)60-40-53(23-28-65(60)119)79(95(131)111-83)107-96(132)80(56)108-97(133)82-62-47-59(48-70(77(62)102)142-143(113-33-12-13-34-113,114-35-14-15-36-114)115-37-16-17-38-115)136-68-42-54(24-29-66(68)120)78(103-3)94(130)105-64(92(128)109-82)39-52-21-26-58(135-71)27-22-52;1-2(3)4/h21-30,40-48,51,64,73-74,78-90,99-100,103,116-117,122-127H,6-20,31-39,49-50H2,1-5H3,(H10-,104,105,106,107,108,109,110,111,118,119,120,121,128,129,130,131,132,133,134);1H3,(H,3,4)/t64-,73-,74-,78-,79-,80-,81-,82+,83+,84-,85-,86-,87-,88-,89+,90+,99+,100+;/m1./s1. The van der Waals surface area contributed by atoms with Crippen LogP contribution in [-0.2, 0) is 59.0 Å². The third-order valence-corrected chi connectivity index (χ3v) is 31.9. The van der Waals surface area contributed by atoms with E-state index in [1.54, 1.807) is 26.2 Å². The van der Waals surface area contributed by atoms with E-state index in [-0.39, 0.29) is 75.4 Å². The first-order valence-electron chi connectivity index (χ1n) is 49.6. The average molecular weight is 2100 g/mol. The van der Waals surface area contributed by atoms with Gasteiger partial charge < -0.3 is 152 Å². The molecule has 45 heteroatoms. The van der Waals surface area contributed by atoms with Crippen molar-refractivity contribution in [3.63, 3.8) is 0 Å². The number of aliphatic hydroxyl groups is 8. The molecule has 0 aliphatic carbocycles. The van der Waals surface area contributed by atoms with Crippen molar-refractivity contribution in [3.05, 3.63) is 164 Å². The zero-order valence-electron chi connectivity index (χ0n) is 82.1. The third kappa shape index (κ3) is 25.3. The van der Waals surface area contributed by atoms with Gasteiger partial charge in [-0.15, -0.1) is 14.0 Å². The summed E-state index contributed by atoms with van der Waals surface area (Å²) in [6, 6.07) is 8.33. The number of hydrogen-bond donors (Lipinski definition) is 20. The van der Waals surface area contributed by atoms with Crippen LogP contribution in [0.15, 0.2) is 115 Å². The highest BCUT2D eigenvalue weighted by Gasteiger charge is 2.63. The number of nitrogens with zero attached hydrogens (tertiary/aromatic N) is 4. The number of carboxylic acid groups (broad SMARTS) is 1. The molecular weight excluding hydrogens is 1970 g/mol. The number of benzene rings is 7. The Morgan fingerprint density at radius 3 is 1.75 bits per heavy atom. The number of aliphatic hydroxyl groups excluding tert-OH is 8. The summed E-state index contributed by atoms with van der Waals surface area (Å²) < 4.78 is 61.1. The van der Waals surface area contributed by atoms with E-state index in [2.05, 4.69) is 75.7 Å². The largest absolute Gasteiger partial charge is 0.550 e. The van der Waals surface area contributed by atoms with Gasteiger partial charge in [0.05, 0.1) is 23.3 Å². The molecule has 5 saturated heterocycles. The smallest absolute Gasteiger partial charge is 0.417 e. The lowest BCUT2D eigenvalue weighted by atomic mass is 9.89. The monoisotopic (exact) mass is 2100 g/mol. The highest BCUT2D eigenvalue weighted by Crippen LogP contribution is 2.71. The maximum absolute atomic E-state index is 17.4. The summed E-state index contributed by atoms with van der Waals surface area (Å²) in [5, 5.41) is 162. The van der Waals surface area contributed by atoms with Crippen molar-refractivity contribution >= 4 is 84.4 Å². The van der Waals surface area contributed by atoms with Crippen LogP contribution >= 0.6 is 31.1 Å². The molecule has 18 rings (SSSR count). The van der Waals surface area contributed by atoms with Gasteiger partial charge in [-0.2, -0.15) is 0 Å². The molecule has 8 amide bonds. The SMILES string of the molecule is CC(=O)[O-].CN[C@H]1C(=O)N[C@@H]2Cc3ccc(cc3)Oc3cc4cc(c3O[C@@H]3O[C@H](CO)[C@@H](O)[C@H](O)[C@H]3NC(=O)CCCCCCCCC(C)C)Oc3ccc(cc3Cl)[C@@H](O)[C@@H]3NC(=O)[C@H](NC(=O)[C@@H]4NC(=O)[C@@H](NC2=O)c2cc(cc(O[P+](N4CCCC4)(N4CCCC4)N4CCCC4)c2Cl)Oc2cc1ccc2O)c1ccc(O)c(c1)-c1c(O[C@H]2O[C@H](CO)[C@@H](O)[C@H](O)[C@@H]2O)cc(O)cc1[C@H](C(=O)NCCCN(C)C)NC3=O. The lowest BCUT2D eigenvalue weighted by Gasteiger charge is -2.42. The van der Waals surface area contributed by atoms with Crippen LogP contribution in [0.4, 0.5) is 0 Å². The number of carboxylic acids is 1. The zero-order valence-corrected chi connectivity index (χ0v) is 84.5. The Labute approximate surface area is 858 Å². The highest BCUT2D eigenvalue weighted by molar-refractivity contribution is 7.64. The van der Waals surface area contributed by atoms with Gasteiger partial charge in [-0.3, -0.25) is 42.9 Å². The number of carbonyl (C=O) groups is 9. The first kappa shape index (κ1) is 110. The predicted octanol–water partition coefficient (Wildman–Crippen LogP) is 5.47. The fourth-order valence-corrected chi connectivity index (χ4v) is 24.5. The normalized spacial score (nSPS) is 26.1. The Kier molecular flexibility index (Phi) is 36.4. The lowest BCUT2D eigenvalue weighted by molar-refractivity contribution is -0.302. The highest BCUT2D eigenvalue weighted by atomic mass is 35.5. The van der Waals surface area contributed by atoms with E-state index < -0.39 is 252 Å². The first-order chi connectivity index (χ1) is 70.4. The summed E-state index contributed by atoms with van der Waals surface area (Å²) in [6.07, 6.45) is -8.83. The summed E-state index contributed by atoms with van der Waals surface area (Å²) in [6.45, 7) is 7.50. The molecule has 11 aliphatic rings. The number of aromatic hydroxyl groups is 3. The van der Waals surface area contributed by atoms with Gasteiger partial charge in [0, 0.05) is 93.4 Å². The van der Waals surface area contributed by atoms with Crippen LogP contribution in [0.1, 0.15) is 192 Å². The zero-order chi connectivity index (χ0) is 105. The van der Waals surface area contributed by atoms with Crippen molar-refractivity contribution in [2.24, 2.45) is 5.92 Å². The Bertz CT molecular complexity index is 5870. The molecule has 0 aromatic heterocycles. The van der Waals surface area contributed by atoms with Gasteiger partial charge in [0.25, 0.3) is 0 Å². The molecule has 7 aromatic rings. The maximum Gasteiger partial charge on any atom is 0.417 e. The minimum absolute atomic E-state index is 0.0592. The summed E-state index contributed by atoms with van der Waals surface area (Å²) in [4.78, 5) is 140. The van der Waals surface area contributed by atoms with Crippen LogP contribution in [0.5, 0.6) is 69.0 Å². The number of carbonyl (C=O) groups excluding carboxylic acids is 9. The molecule has 5 fully saturated rings. The number of rotatable bonds is 27. The number of ether oxygens (including phenoxy) is 7. The van der Waals surface area contributed by atoms with E-state index in [0.717, 1.165) is 120 Å². The van der Waals surface area contributed by atoms with Gasteiger partial charge in [-0.25, -0.2) is 0 Å². The molecule has 147 heavy (non-hydrogen) atoms. The molecule has 11 heterocycles. The van der Waals surface area contributed by atoms with Crippen molar-refractivity contribution in [1.29, 1.82) is 0 Å². The number of phenols is 3. The minimum atomic E-state index is -3.20. The summed E-state index contributed by atoms with van der Waals surface area (Å²) in [7, 11) is 1.87. The van der Waals surface area contributed by atoms with Gasteiger partial charge in [-0.05, 0) is 198 Å². The van der Waals surface area contributed by atoms with E-state index in [0.29, 0.717) is 76.6 Å². The summed E-state index contributed by atoms with van der Waals surface area (Å²) in [5.74, 6) is -14.4. The minimum Gasteiger partial charge on any atom is -0.550 e. The second-order valence-corrected chi connectivity index (χ2v) is 42.4. The summed E-state index contributed by atoms with van der Waals surface area (Å²) >= 11 is 15.5. The van der Waals surface area contributed by atoms with Crippen LogP contribution in [0, 0.1) is 5.92 Å². The summed E-state index contributed by atoms with van der Waals surface area (Å²) in [5.41, 5.74) is -2.01. The number of likely N-dealkylation sites (N-methyl/N-ethyl adjacent to an activating group) is 1. The first-order valence-corrected chi connectivity index (χ1v) is 51.9. The van der Waals surface area contributed by atoms with Crippen LogP contribution in [0.25, 0.3) is 11.1 Å². The van der Waals surface area contributed by atoms with E-state index in [9.17, 15) is 61.0 Å². The van der Waals surface area contributed by atoms with Crippen LogP contribution in [0.3, 0.4) is 0 Å². The van der Waals surface area contributed by atoms with Crippen LogP contribution in [-0.4, -0.2) is 288 Å². The van der Waals surface area contributed by atoms with Crippen molar-refractivity contribution in [3.8, 4) is 80.1 Å². The predicted molar refractivity (Wildman–Crippen MR) is 531 cm³/mol. The lowest BCUT2D eigenvalue weighted by Crippen LogP contribution is -2.65. The van der Waals surface area contributed by atoms with E-state index >= 15 is 33.6 Å². The van der Waals surface area contributed by atoms with Crippen LogP contribution < -0.4 is 81.2 Å². The number of unbranched alkanes of at least 4 members (excludes halogenated alkanes) is 5. The van der Waals surface area contributed by atoms with Gasteiger partial charge in [0.2, 0.25) is 71.3 Å². The van der Waals surface area contributed by atoms with Gasteiger partial charge in [0.15, 0.2) is 23.0 Å². The van der Waals surface area contributed by atoms with E-state index in [4.69, 9.17) is 70.8 Å². The number of fused-ring (bicyclic) bond motifs is 14. The third-order valence-electron chi connectivity index (χ3n) is 27.3. The Hall–Kier alpha value is -11.6. The second-order valence-electron chi connectivity index (χ2n) is 38.7. The van der Waals surface area contributed by atoms with E-state index in [1.165, 1.54) is 67.7 Å². The molecule has 20 N–H and O–H groups in total. The molecular formula is C102H128Cl2N13O29P. The number of phenolic OH excluding ortho intramolecular Hbond substituents is 3. The van der Waals surface area contributed by atoms with Gasteiger partial charge >= 0.3 is 7.94 Å². The quantitative estimate of drug-likeness (QED) is 0.0224. The topological polar surface area (TPSA) is 594 Å². The van der Waals surface area contributed by atoms with Crippen molar-refractivity contribution in [2.75, 3.05) is 86.7 Å². The van der Waals surface area contributed by atoms with E-state index in [1.807, 2.05) is 4.90 Å². The number of hydrogen-bond acceptors (Lipinski definition) is 34. The molecule has 18 atom stereocenters. The Morgan fingerprint density at radius 2 is 1.12 bits per heavy atom. The van der Waals surface area contributed by atoms with Gasteiger partial charge in [-0.1, -0.05) is 106 Å². The molecule has 794 valence electrons. The second kappa shape index (κ2) is 48.8. The number of amides is 8. The number of aliphatic carboxylic acids is 1. The molecule has 7 aromatic carbocycles. The van der Waals surface area contributed by atoms with Crippen molar-refractivity contribution < 1.29 is 142 Å². The van der Waals surface area contributed by atoms with Gasteiger partial charge in [0.1, 0.15) is 132 Å². The number of nitrogens with one attached hydrogen (secondary N) is 9. The van der Waals surface area contributed by atoms with Crippen molar-refractivity contribution in [2.45, 2.75) is 233 Å². The Balaban J connectivity index is 0.00000398. The molecule has 0 unspecified atom stereocenters. The molecule has 17 bridgehead atoms. The molecule has 0 saturated carbocycles. The molecule has 11 aliphatic heterocycles. The molecule has 0 radical (unpaired) electrons. The average Bonchev–Trinajstić information content (AvgIpc) is 1.69. The molecule has 42 nitrogen and oxygen atoms in total. The van der Waals surface area contributed by atoms with Crippen LogP contribution in [0.2, 0.25) is 10.0 Å².